The highest BCUT2D eigenvalue weighted by Crippen LogP contribution is 2.35. The average molecular weight is 268 g/mol. The van der Waals surface area contributed by atoms with E-state index in [1.165, 1.54) is 56.7 Å². The zero-order chi connectivity index (χ0) is 12.6. The number of fused-ring (bicyclic) bond motifs is 1. The van der Waals surface area contributed by atoms with Gasteiger partial charge in [0.15, 0.2) is 0 Å². The van der Waals surface area contributed by atoms with E-state index >= 15 is 0 Å². The van der Waals surface area contributed by atoms with E-state index < -0.39 is 0 Å². The van der Waals surface area contributed by atoms with Crippen LogP contribution in [0.15, 0.2) is 0 Å². The van der Waals surface area contributed by atoms with Crippen molar-refractivity contribution in [2.45, 2.75) is 64.1 Å². The van der Waals surface area contributed by atoms with Gasteiger partial charge >= 0.3 is 0 Å². The number of nitrogens with zero attached hydrogens (tertiary/aromatic N) is 1. The van der Waals surface area contributed by atoms with Gasteiger partial charge in [-0.05, 0) is 56.4 Å². The van der Waals surface area contributed by atoms with E-state index in [0.29, 0.717) is 5.41 Å². The predicted molar refractivity (Wildman–Crippen MR) is 80.3 cm³/mol. The molecule has 0 aromatic carbocycles. The molecule has 0 amide bonds. The van der Waals surface area contributed by atoms with Crippen LogP contribution in [0.5, 0.6) is 0 Å². The number of hydrogen-bond acceptors (Lipinski definition) is 3. The van der Waals surface area contributed by atoms with E-state index in [9.17, 15) is 0 Å². The first-order valence-corrected chi connectivity index (χ1v) is 8.88. The van der Waals surface area contributed by atoms with Crippen molar-refractivity contribution < 1.29 is 0 Å². The molecular weight excluding hydrogens is 240 g/mol. The van der Waals surface area contributed by atoms with Crippen molar-refractivity contribution >= 4 is 11.8 Å². The van der Waals surface area contributed by atoms with Gasteiger partial charge in [-0.2, -0.15) is 11.8 Å². The summed E-state index contributed by atoms with van der Waals surface area (Å²) < 4.78 is 0. The van der Waals surface area contributed by atoms with Crippen LogP contribution in [0, 0.1) is 5.41 Å². The van der Waals surface area contributed by atoms with Gasteiger partial charge in [-0.1, -0.05) is 13.8 Å². The number of nitrogens with one attached hydrogen (secondary N) is 1. The largest absolute Gasteiger partial charge is 0.310 e. The van der Waals surface area contributed by atoms with E-state index in [2.05, 4.69) is 35.8 Å². The van der Waals surface area contributed by atoms with Gasteiger partial charge in [0.1, 0.15) is 0 Å². The third-order valence-electron chi connectivity index (χ3n) is 5.38. The summed E-state index contributed by atoms with van der Waals surface area (Å²) in [6.45, 7) is 7.61. The molecule has 3 heteroatoms. The molecule has 104 valence electrons. The fourth-order valence-electron chi connectivity index (χ4n) is 3.87. The highest BCUT2D eigenvalue weighted by Gasteiger charge is 2.37. The summed E-state index contributed by atoms with van der Waals surface area (Å²) in [5, 5.41) is 4.01. The van der Waals surface area contributed by atoms with Crippen molar-refractivity contribution in [1.29, 1.82) is 0 Å². The van der Waals surface area contributed by atoms with Crippen molar-refractivity contribution in [1.82, 2.24) is 10.2 Å². The Hall–Kier alpha value is 0.270. The minimum absolute atomic E-state index is 0.498. The molecule has 2 nitrogen and oxygen atoms in total. The normalized spacial score (nSPS) is 40.7. The minimum atomic E-state index is 0.498. The van der Waals surface area contributed by atoms with Crippen LogP contribution in [-0.4, -0.2) is 47.6 Å². The Kier molecular flexibility index (Phi) is 3.93. The summed E-state index contributed by atoms with van der Waals surface area (Å²) in [4.78, 5) is 2.72. The predicted octanol–water partition coefficient (Wildman–Crippen LogP) is 2.73. The van der Waals surface area contributed by atoms with Crippen molar-refractivity contribution in [3.05, 3.63) is 0 Å². The van der Waals surface area contributed by atoms with E-state index in [4.69, 9.17) is 0 Å². The number of piperidine rings is 1. The Morgan fingerprint density at radius 2 is 2.11 bits per heavy atom. The maximum absolute atomic E-state index is 4.01. The van der Waals surface area contributed by atoms with E-state index in [1.807, 2.05) is 0 Å². The molecule has 3 rings (SSSR count). The fraction of sp³-hybridized carbons (Fsp3) is 1.00. The van der Waals surface area contributed by atoms with Crippen LogP contribution >= 0.6 is 11.8 Å². The quantitative estimate of drug-likeness (QED) is 0.829. The molecule has 3 heterocycles. The van der Waals surface area contributed by atoms with Gasteiger partial charge in [0, 0.05) is 23.9 Å². The van der Waals surface area contributed by atoms with Gasteiger partial charge in [0.2, 0.25) is 0 Å². The summed E-state index contributed by atoms with van der Waals surface area (Å²) in [7, 11) is 0. The van der Waals surface area contributed by atoms with Crippen LogP contribution in [-0.2, 0) is 0 Å². The van der Waals surface area contributed by atoms with Crippen molar-refractivity contribution in [2.24, 2.45) is 5.41 Å². The van der Waals surface area contributed by atoms with Crippen molar-refractivity contribution in [3.63, 3.8) is 0 Å². The van der Waals surface area contributed by atoms with Crippen LogP contribution < -0.4 is 5.32 Å². The molecule has 18 heavy (non-hydrogen) atoms. The van der Waals surface area contributed by atoms with Gasteiger partial charge in [0.25, 0.3) is 0 Å². The summed E-state index contributed by atoms with van der Waals surface area (Å²) in [5.74, 6) is 2.67. The number of thioether (sulfide) groups is 1. The lowest BCUT2D eigenvalue weighted by atomic mass is 9.81. The molecular formula is C15H28N2S. The highest BCUT2D eigenvalue weighted by molar-refractivity contribution is 7.99. The van der Waals surface area contributed by atoms with Crippen LogP contribution in [0.3, 0.4) is 0 Å². The molecule has 3 unspecified atom stereocenters. The Bertz CT molecular complexity index is 292. The molecule has 0 aliphatic carbocycles. The van der Waals surface area contributed by atoms with Gasteiger partial charge in [-0.15, -0.1) is 0 Å². The van der Waals surface area contributed by atoms with Crippen LogP contribution in [0.4, 0.5) is 0 Å². The summed E-state index contributed by atoms with van der Waals surface area (Å²) in [6, 6.07) is 2.41. The van der Waals surface area contributed by atoms with Gasteiger partial charge < -0.3 is 10.2 Å². The minimum Gasteiger partial charge on any atom is -0.310 e. The SMILES string of the molecule is CC1(C)CCSCC1NC1CCN2CCCC2C1. The topological polar surface area (TPSA) is 15.3 Å². The zero-order valence-corrected chi connectivity index (χ0v) is 12.8. The smallest absolute Gasteiger partial charge is 0.0212 e. The molecule has 0 aromatic heterocycles. The molecule has 3 atom stereocenters. The summed E-state index contributed by atoms with van der Waals surface area (Å²) in [6.07, 6.45) is 7.02. The first kappa shape index (κ1) is 13.3. The molecule has 1 N–H and O–H groups in total. The second-order valence-corrected chi connectivity index (χ2v) is 8.24. The van der Waals surface area contributed by atoms with Crippen LogP contribution in [0.2, 0.25) is 0 Å². The molecule has 3 saturated heterocycles. The highest BCUT2D eigenvalue weighted by atomic mass is 32.2. The Morgan fingerprint density at radius 3 is 2.94 bits per heavy atom. The number of rotatable bonds is 2. The summed E-state index contributed by atoms with van der Waals surface area (Å²) >= 11 is 2.14. The Morgan fingerprint density at radius 1 is 1.22 bits per heavy atom. The van der Waals surface area contributed by atoms with E-state index in [0.717, 1.165) is 18.1 Å². The fourth-order valence-corrected chi connectivity index (χ4v) is 5.49. The molecule has 0 spiro atoms. The monoisotopic (exact) mass is 268 g/mol. The second-order valence-electron chi connectivity index (χ2n) is 7.09. The third-order valence-corrected chi connectivity index (χ3v) is 6.44. The van der Waals surface area contributed by atoms with E-state index in [-0.39, 0.29) is 0 Å². The summed E-state index contributed by atoms with van der Waals surface area (Å²) in [5.41, 5.74) is 0.498. The average Bonchev–Trinajstić information content (AvgIpc) is 2.79. The molecule has 3 aliphatic rings. The first-order chi connectivity index (χ1) is 8.65. The standard InChI is InChI=1S/C15H28N2S/c1-15(2)6-9-18-11-14(15)16-12-5-8-17-7-3-4-13(17)10-12/h12-14,16H,3-11H2,1-2H3. The number of hydrogen-bond donors (Lipinski definition) is 1. The molecule has 0 saturated carbocycles. The lowest BCUT2D eigenvalue weighted by Gasteiger charge is -2.43. The van der Waals surface area contributed by atoms with Crippen molar-refractivity contribution in [2.75, 3.05) is 24.6 Å². The maximum atomic E-state index is 4.01. The molecule has 0 aromatic rings. The maximum Gasteiger partial charge on any atom is 0.0212 e. The van der Waals surface area contributed by atoms with Crippen LogP contribution in [0.25, 0.3) is 0 Å². The zero-order valence-electron chi connectivity index (χ0n) is 12.0. The third kappa shape index (κ3) is 2.73. The molecule has 3 aliphatic heterocycles. The second kappa shape index (κ2) is 5.34. The van der Waals surface area contributed by atoms with Gasteiger partial charge in [-0.25, -0.2) is 0 Å². The first-order valence-electron chi connectivity index (χ1n) is 7.73. The Labute approximate surface area is 116 Å². The molecule has 0 bridgehead atoms. The lowest BCUT2D eigenvalue weighted by Crippen LogP contribution is -2.54. The van der Waals surface area contributed by atoms with Gasteiger partial charge in [-0.3, -0.25) is 0 Å². The van der Waals surface area contributed by atoms with E-state index in [1.54, 1.807) is 0 Å². The molecule has 3 fully saturated rings. The Balaban J connectivity index is 1.56. The van der Waals surface area contributed by atoms with Crippen LogP contribution in [0.1, 0.15) is 46.0 Å². The van der Waals surface area contributed by atoms with Crippen molar-refractivity contribution in [3.8, 4) is 0 Å². The van der Waals surface area contributed by atoms with Gasteiger partial charge in [0.05, 0.1) is 0 Å². The lowest BCUT2D eigenvalue weighted by molar-refractivity contribution is 0.141. The molecule has 0 radical (unpaired) electrons.